The van der Waals surface area contributed by atoms with E-state index >= 15 is 0 Å². The molecule has 0 aliphatic heterocycles. The van der Waals surface area contributed by atoms with Crippen molar-refractivity contribution in [3.63, 3.8) is 0 Å². The minimum absolute atomic E-state index is 0.224. The molecule has 0 aromatic heterocycles. The molecule has 0 bridgehead atoms. The molecule has 0 rings (SSSR count). The van der Waals surface area contributed by atoms with Gasteiger partial charge in [0.25, 0.3) is 0 Å². The summed E-state index contributed by atoms with van der Waals surface area (Å²) in [5.41, 5.74) is 0. The summed E-state index contributed by atoms with van der Waals surface area (Å²) >= 11 is 0. The highest BCUT2D eigenvalue weighted by atomic mass is 28.4. The summed E-state index contributed by atoms with van der Waals surface area (Å²) in [5, 5.41) is 0. The van der Waals surface area contributed by atoms with E-state index < -0.39 is 8.80 Å². The second kappa shape index (κ2) is 5.67. The van der Waals surface area contributed by atoms with Gasteiger partial charge in [0.15, 0.2) is 0 Å². The average Bonchev–Trinajstić information content (AvgIpc) is 2.08. The predicted molar refractivity (Wildman–Crippen MR) is 43.2 cm³/mol. The SMILES string of the molecule is CC[Si](OC)(OC)OCOC. The highest BCUT2D eigenvalue weighted by Gasteiger charge is 2.36. The van der Waals surface area contributed by atoms with E-state index in [1.807, 2.05) is 6.92 Å². The van der Waals surface area contributed by atoms with E-state index in [1.165, 1.54) is 0 Å². The van der Waals surface area contributed by atoms with Gasteiger partial charge in [0.2, 0.25) is 0 Å². The summed E-state index contributed by atoms with van der Waals surface area (Å²) < 4.78 is 20.4. The van der Waals surface area contributed by atoms with Gasteiger partial charge in [-0.1, -0.05) is 6.92 Å². The second-order valence-corrected chi connectivity index (χ2v) is 5.17. The summed E-state index contributed by atoms with van der Waals surface area (Å²) in [6.45, 7) is 2.19. The number of rotatable bonds is 6. The first-order valence-corrected chi connectivity index (χ1v) is 5.41. The Balaban J connectivity index is 3.84. The maximum Gasteiger partial charge on any atom is 0.501 e. The lowest BCUT2D eigenvalue weighted by atomic mass is 11.0. The molecule has 11 heavy (non-hydrogen) atoms. The van der Waals surface area contributed by atoms with Crippen LogP contribution < -0.4 is 0 Å². The van der Waals surface area contributed by atoms with Crippen molar-refractivity contribution in [1.82, 2.24) is 0 Å². The van der Waals surface area contributed by atoms with E-state index in [-0.39, 0.29) is 6.79 Å². The molecule has 5 heteroatoms. The maximum atomic E-state index is 5.30. The van der Waals surface area contributed by atoms with E-state index in [4.69, 9.17) is 18.0 Å². The summed E-state index contributed by atoms with van der Waals surface area (Å²) in [4.78, 5) is 0. The second-order valence-electron chi connectivity index (χ2n) is 2.00. The Morgan fingerprint density at radius 2 is 1.64 bits per heavy atom. The maximum absolute atomic E-state index is 5.30. The number of methoxy groups -OCH3 is 1. The Morgan fingerprint density at radius 3 is 1.91 bits per heavy atom. The normalized spacial score (nSPS) is 12.0. The van der Waals surface area contributed by atoms with Gasteiger partial charge in [0.05, 0.1) is 0 Å². The molecule has 0 spiro atoms. The van der Waals surface area contributed by atoms with Gasteiger partial charge in [-0.15, -0.1) is 0 Å². The van der Waals surface area contributed by atoms with E-state index in [0.717, 1.165) is 6.04 Å². The smallest absolute Gasteiger partial charge is 0.377 e. The molecular weight excluding hydrogens is 164 g/mol. The first-order valence-electron chi connectivity index (χ1n) is 3.48. The van der Waals surface area contributed by atoms with Gasteiger partial charge < -0.3 is 18.0 Å². The molecule has 0 unspecified atom stereocenters. The van der Waals surface area contributed by atoms with Crippen LogP contribution in [0.4, 0.5) is 0 Å². The molecule has 4 nitrogen and oxygen atoms in total. The largest absolute Gasteiger partial charge is 0.501 e. The molecule has 0 aliphatic rings. The Hall–Kier alpha value is 0.0569. The molecule has 0 aromatic rings. The van der Waals surface area contributed by atoms with Crippen molar-refractivity contribution >= 4 is 8.80 Å². The fraction of sp³-hybridized carbons (Fsp3) is 1.00. The Kier molecular flexibility index (Phi) is 5.70. The van der Waals surface area contributed by atoms with Gasteiger partial charge in [-0.3, -0.25) is 0 Å². The van der Waals surface area contributed by atoms with Crippen molar-refractivity contribution in [3.8, 4) is 0 Å². The lowest BCUT2D eigenvalue weighted by Crippen LogP contribution is -2.43. The van der Waals surface area contributed by atoms with Crippen molar-refractivity contribution in [2.75, 3.05) is 28.1 Å². The predicted octanol–water partition coefficient (Wildman–Crippen LogP) is 0.859. The van der Waals surface area contributed by atoms with Crippen molar-refractivity contribution in [2.45, 2.75) is 13.0 Å². The minimum Gasteiger partial charge on any atom is -0.377 e. The Bertz CT molecular complexity index is 86.3. The molecule has 0 aliphatic carbocycles. The molecule has 0 N–H and O–H groups in total. The molecule has 0 atom stereocenters. The highest BCUT2D eigenvalue weighted by molar-refractivity contribution is 6.60. The third-order valence-electron chi connectivity index (χ3n) is 1.45. The van der Waals surface area contributed by atoms with Crippen molar-refractivity contribution in [3.05, 3.63) is 0 Å². The standard InChI is InChI=1S/C6H16O4Si/c1-5-11(8-3,9-4)10-6-7-2/h5-6H2,1-4H3. The summed E-state index contributed by atoms with van der Waals surface area (Å²) in [5.74, 6) is 0. The fourth-order valence-electron chi connectivity index (χ4n) is 0.741. The van der Waals surface area contributed by atoms with Gasteiger partial charge in [-0.05, 0) is 0 Å². The van der Waals surface area contributed by atoms with E-state index in [9.17, 15) is 0 Å². The summed E-state index contributed by atoms with van der Waals surface area (Å²) in [6, 6.07) is 0.753. The van der Waals surface area contributed by atoms with Gasteiger partial charge in [-0.2, -0.15) is 0 Å². The van der Waals surface area contributed by atoms with Gasteiger partial charge >= 0.3 is 8.80 Å². The monoisotopic (exact) mass is 180 g/mol. The number of ether oxygens (including phenoxy) is 1. The number of hydrogen-bond donors (Lipinski definition) is 0. The fourth-order valence-corrected chi connectivity index (χ4v) is 2.22. The van der Waals surface area contributed by atoms with Crippen LogP contribution >= 0.6 is 0 Å². The lowest BCUT2D eigenvalue weighted by Gasteiger charge is -2.24. The Labute approximate surface area is 68.8 Å². The highest BCUT2D eigenvalue weighted by Crippen LogP contribution is 2.11. The van der Waals surface area contributed by atoms with Crippen LogP contribution in [-0.4, -0.2) is 36.9 Å². The van der Waals surface area contributed by atoms with Crippen LogP contribution in [0.2, 0.25) is 6.04 Å². The average molecular weight is 180 g/mol. The summed E-state index contributed by atoms with van der Waals surface area (Å²) in [6.07, 6.45) is 0. The molecule has 0 radical (unpaired) electrons. The van der Waals surface area contributed by atoms with Crippen LogP contribution in [0, 0.1) is 0 Å². The first kappa shape index (κ1) is 11.1. The van der Waals surface area contributed by atoms with Crippen molar-refractivity contribution < 1.29 is 18.0 Å². The van der Waals surface area contributed by atoms with Crippen LogP contribution in [0.5, 0.6) is 0 Å². The van der Waals surface area contributed by atoms with Crippen molar-refractivity contribution in [2.24, 2.45) is 0 Å². The van der Waals surface area contributed by atoms with Crippen molar-refractivity contribution in [1.29, 1.82) is 0 Å². The van der Waals surface area contributed by atoms with E-state index in [2.05, 4.69) is 0 Å². The van der Waals surface area contributed by atoms with Crippen LogP contribution in [0.1, 0.15) is 6.92 Å². The number of hydrogen-bond acceptors (Lipinski definition) is 4. The van der Waals surface area contributed by atoms with Crippen LogP contribution in [0.15, 0.2) is 0 Å². The molecule has 0 fully saturated rings. The van der Waals surface area contributed by atoms with E-state index in [1.54, 1.807) is 21.3 Å². The van der Waals surface area contributed by atoms with Gasteiger partial charge in [0, 0.05) is 27.4 Å². The molecule has 68 valence electrons. The topological polar surface area (TPSA) is 36.9 Å². The third-order valence-corrected chi connectivity index (χ3v) is 4.12. The zero-order valence-corrected chi connectivity index (χ0v) is 8.55. The van der Waals surface area contributed by atoms with Crippen LogP contribution in [-0.2, 0) is 18.0 Å². The Morgan fingerprint density at radius 1 is 1.09 bits per heavy atom. The van der Waals surface area contributed by atoms with Gasteiger partial charge in [0.1, 0.15) is 6.79 Å². The zero-order chi connectivity index (χ0) is 8.74. The quantitative estimate of drug-likeness (QED) is 0.449. The van der Waals surface area contributed by atoms with Crippen LogP contribution in [0.25, 0.3) is 0 Å². The summed E-state index contributed by atoms with van der Waals surface area (Å²) in [7, 11) is 2.39. The molecular formula is C6H16O4Si. The molecule has 0 saturated carbocycles. The van der Waals surface area contributed by atoms with Gasteiger partial charge in [-0.25, -0.2) is 0 Å². The lowest BCUT2D eigenvalue weighted by molar-refractivity contribution is -0.0101. The molecule has 0 saturated heterocycles. The van der Waals surface area contributed by atoms with E-state index in [0.29, 0.717) is 0 Å². The van der Waals surface area contributed by atoms with Crippen LogP contribution in [0.3, 0.4) is 0 Å². The minimum atomic E-state index is -2.36. The first-order chi connectivity index (χ1) is 5.24. The third kappa shape index (κ3) is 3.30. The molecule has 0 heterocycles. The molecule has 0 amide bonds. The molecule has 0 aromatic carbocycles. The zero-order valence-electron chi connectivity index (χ0n) is 7.55.